The third kappa shape index (κ3) is 5.28. The molecule has 1 aromatic rings. The predicted octanol–water partition coefficient (Wildman–Crippen LogP) is -2.08. The van der Waals surface area contributed by atoms with Crippen molar-refractivity contribution in [3.8, 4) is 0 Å². The maximum atomic E-state index is 10.9. The molecule has 0 aromatic heterocycles. The van der Waals surface area contributed by atoms with Crippen LogP contribution in [0.25, 0.3) is 0 Å². The molecule has 8 heteroatoms. The van der Waals surface area contributed by atoms with Crippen LogP contribution in [0.3, 0.4) is 0 Å². The standard InChI is InChI=1S/C8H9NO4S2.K.H/c10-8(5-14)9-6-2-1-3-7(4-6)15(11,12)13;;/h1-4,14H,5H2,(H,9,10)(H,11,12,13);;/q;+1;-1. The minimum absolute atomic E-state index is 0. The SMILES string of the molecule is O=C(CS)Nc1cccc(S(=O)(=O)O)c1.[H-].[K+]. The molecule has 1 rings (SSSR count). The number of thiol groups is 1. The first-order valence-corrected chi connectivity index (χ1v) is 5.99. The molecular formula is C8H10KNO4S2. The molecule has 0 saturated heterocycles. The van der Waals surface area contributed by atoms with E-state index in [0.29, 0.717) is 5.69 Å². The summed E-state index contributed by atoms with van der Waals surface area (Å²) >= 11 is 3.75. The van der Waals surface area contributed by atoms with Crippen molar-refractivity contribution < 1.29 is 70.6 Å². The van der Waals surface area contributed by atoms with Crippen molar-refractivity contribution >= 4 is 34.3 Å². The van der Waals surface area contributed by atoms with Crippen LogP contribution in [0.2, 0.25) is 0 Å². The number of nitrogens with one attached hydrogen (secondary N) is 1. The van der Waals surface area contributed by atoms with Crippen molar-refractivity contribution in [3.05, 3.63) is 24.3 Å². The zero-order valence-corrected chi connectivity index (χ0v) is 13.4. The second kappa shape index (κ2) is 7.12. The molecular weight excluding hydrogens is 277 g/mol. The number of carbonyl (C=O) groups excluding carboxylic acids is 1. The predicted molar refractivity (Wildman–Crippen MR) is 59.9 cm³/mol. The van der Waals surface area contributed by atoms with Crippen LogP contribution in [0.15, 0.2) is 29.2 Å². The molecule has 0 spiro atoms. The van der Waals surface area contributed by atoms with Crippen LogP contribution in [-0.4, -0.2) is 24.6 Å². The summed E-state index contributed by atoms with van der Waals surface area (Å²) in [7, 11) is -4.24. The Balaban J connectivity index is 0. The van der Waals surface area contributed by atoms with Gasteiger partial charge in [-0.2, -0.15) is 21.0 Å². The fourth-order valence-corrected chi connectivity index (χ4v) is 1.54. The van der Waals surface area contributed by atoms with Gasteiger partial charge in [0.2, 0.25) is 5.91 Å². The molecule has 0 fully saturated rings. The van der Waals surface area contributed by atoms with Crippen molar-refractivity contribution in [1.29, 1.82) is 0 Å². The van der Waals surface area contributed by atoms with E-state index in [4.69, 9.17) is 4.55 Å². The maximum Gasteiger partial charge on any atom is 1.00 e. The second-order valence-electron chi connectivity index (χ2n) is 2.71. The maximum absolute atomic E-state index is 10.9. The molecule has 16 heavy (non-hydrogen) atoms. The molecule has 0 unspecified atom stereocenters. The average molecular weight is 287 g/mol. The second-order valence-corrected chi connectivity index (χ2v) is 4.45. The molecule has 0 bridgehead atoms. The smallest absolute Gasteiger partial charge is 1.00 e. The Labute approximate surface area is 143 Å². The molecule has 84 valence electrons. The van der Waals surface area contributed by atoms with Gasteiger partial charge in [0.25, 0.3) is 10.1 Å². The number of amides is 1. The fourth-order valence-electron chi connectivity index (χ4n) is 0.935. The van der Waals surface area contributed by atoms with Gasteiger partial charge >= 0.3 is 51.4 Å². The van der Waals surface area contributed by atoms with Crippen LogP contribution in [-0.2, 0) is 14.9 Å². The first-order valence-electron chi connectivity index (χ1n) is 3.92. The van der Waals surface area contributed by atoms with Crippen LogP contribution < -0.4 is 56.7 Å². The van der Waals surface area contributed by atoms with E-state index >= 15 is 0 Å². The number of hydrogen-bond acceptors (Lipinski definition) is 4. The largest absolute Gasteiger partial charge is 1.00 e. The van der Waals surface area contributed by atoms with E-state index in [-0.39, 0.29) is 69.4 Å². The Morgan fingerprint density at radius 3 is 2.62 bits per heavy atom. The van der Waals surface area contributed by atoms with E-state index in [2.05, 4.69) is 17.9 Å². The molecule has 0 radical (unpaired) electrons. The zero-order chi connectivity index (χ0) is 11.5. The molecule has 2 N–H and O–H groups in total. The summed E-state index contributed by atoms with van der Waals surface area (Å²) in [6.07, 6.45) is 0. The van der Waals surface area contributed by atoms with Crippen molar-refractivity contribution in [2.45, 2.75) is 4.90 Å². The third-order valence-electron chi connectivity index (χ3n) is 1.56. The molecule has 0 saturated carbocycles. The first-order chi connectivity index (χ1) is 6.93. The van der Waals surface area contributed by atoms with Gasteiger partial charge in [0.15, 0.2) is 0 Å². The average Bonchev–Trinajstić information content (AvgIpc) is 2.17. The van der Waals surface area contributed by atoms with Gasteiger partial charge in [-0.1, -0.05) is 6.07 Å². The fraction of sp³-hybridized carbons (Fsp3) is 0.125. The van der Waals surface area contributed by atoms with E-state index in [0.717, 1.165) is 6.07 Å². The molecule has 5 nitrogen and oxygen atoms in total. The number of rotatable bonds is 3. The minimum Gasteiger partial charge on any atom is -1.00 e. The Bertz CT molecular complexity index is 480. The van der Waals surface area contributed by atoms with E-state index < -0.39 is 10.1 Å². The summed E-state index contributed by atoms with van der Waals surface area (Å²) in [5.74, 6) is -0.360. The van der Waals surface area contributed by atoms with Crippen LogP contribution in [0.1, 0.15) is 1.43 Å². The normalized spacial score (nSPS) is 10.4. The molecule has 0 aliphatic rings. The van der Waals surface area contributed by atoms with Crippen LogP contribution in [0.5, 0.6) is 0 Å². The Morgan fingerprint density at radius 1 is 1.50 bits per heavy atom. The molecule has 0 aliphatic heterocycles. The summed E-state index contributed by atoms with van der Waals surface area (Å²) in [5, 5.41) is 2.41. The Morgan fingerprint density at radius 2 is 2.12 bits per heavy atom. The summed E-state index contributed by atoms with van der Waals surface area (Å²) in [6, 6.07) is 5.32. The van der Waals surface area contributed by atoms with Gasteiger partial charge in [0.1, 0.15) is 0 Å². The molecule has 0 heterocycles. The Hall–Kier alpha value is 0.586. The quantitative estimate of drug-likeness (QED) is 0.338. The number of hydrogen-bond donors (Lipinski definition) is 3. The third-order valence-corrected chi connectivity index (χ3v) is 2.70. The minimum atomic E-state index is -4.24. The van der Waals surface area contributed by atoms with Gasteiger partial charge in [-0.15, -0.1) is 0 Å². The van der Waals surface area contributed by atoms with Gasteiger partial charge in [-0.05, 0) is 18.2 Å². The molecule has 0 atom stereocenters. The van der Waals surface area contributed by atoms with E-state index in [1.54, 1.807) is 0 Å². The topological polar surface area (TPSA) is 83.5 Å². The van der Waals surface area contributed by atoms with Crippen molar-refractivity contribution in [3.63, 3.8) is 0 Å². The van der Waals surface area contributed by atoms with Crippen molar-refractivity contribution in [2.75, 3.05) is 11.1 Å². The van der Waals surface area contributed by atoms with E-state index in [1.165, 1.54) is 18.2 Å². The molecule has 1 amide bonds. The van der Waals surface area contributed by atoms with Crippen molar-refractivity contribution in [2.24, 2.45) is 0 Å². The summed E-state index contributed by atoms with van der Waals surface area (Å²) < 4.78 is 30.3. The molecule has 0 aliphatic carbocycles. The van der Waals surface area contributed by atoms with Crippen molar-refractivity contribution in [1.82, 2.24) is 0 Å². The van der Waals surface area contributed by atoms with E-state index in [1.807, 2.05) is 0 Å². The number of benzene rings is 1. The van der Waals surface area contributed by atoms with E-state index in [9.17, 15) is 13.2 Å². The zero-order valence-electron chi connectivity index (χ0n) is 9.54. The van der Waals surface area contributed by atoms with Crippen LogP contribution in [0.4, 0.5) is 5.69 Å². The number of carbonyl (C=O) groups is 1. The number of anilines is 1. The van der Waals surface area contributed by atoms with Gasteiger partial charge in [0, 0.05) is 5.69 Å². The summed E-state index contributed by atoms with van der Waals surface area (Å²) in [4.78, 5) is 10.7. The van der Waals surface area contributed by atoms with Crippen LogP contribution >= 0.6 is 12.6 Å². The first kappa shape index (κ1) is 16.6. The summed E-state index contributed by atoms with van der Waals surface area (Å²) in [5.41, 5.74) is 0.296. The molecule has 1 aromatic carbocycles. The van der Waals surface area contributed by atoms with Crippen LogP contribution in [0, 0.1) is 0 Å². The van der Waals surface area contributed by atoms with Gasteiger partial charge in [-0.25, -0.2) is 0 Å². The van der Waals surface area contributed by atoms with Gasteiger partial charge in [0.05, 0.1) is 10.6 Å². The Kier molecular flexibility index (Phi) is 7.38. The summed E-state index contributed by atoms with van der Waals surface area (Å²) in [6.45, 7) is 0. The monoisotopic (exact) mass is 287 g/mol. The van der Waals surface area contributed by atoms with Gasteiger partial charge < -0.3 is 6.74 Å². The van der Waals surface area contributed by atoms with Gasteiger partial charge in [-0.3, -0.25) is 9.35 Å².